The second-order valence-corrected chi connectivity index (χ2v) is 9.36. The minimum Gasteiger partial charge on any atom is -0.379 e. The van der Waals surface area contributed by atoms with Crippen molar-refractivity contribution in [1.82, 2.24) is 20.4 Å². The molecule has 32 heavy (non-hydrogen) atoms. The van der Waals surface area contributed by atoms with Gasteiger partial charge in [0.05, 0.1) is 25.4 Å². The average Bonchev–Trinajstić information content (AvgIpc) is 2.79. The molecule has 0 radical (unpaired) electrons. The van der Waals surface area contributed by atoms with Crippen molar-refractivity contribution >= 4 is 11.9 Å². The minimum absolute atomic E-state index is 0.0118. The number of amides is 1. The molecule has 3 rings (SSSR count). The van der Waals surface area contributed by atoms with E-state index in [0.717, 1.165) is 44.4 Å². The summed E-state index contributed by atoms with van der Waals surface area (Å²) in [6.45, 7) is 14.7. The first-order valence-corrected chi connectivity index (χ1v) is 11.6. The predicted molar refractivity (Wildman–Crippen MR) is 127 cm³/mol. The van der Waals surface area contributed by atoms with Gasteiger partial charge in [0.25, 0.3) is 5.91 Å². The SMILES string of the molecule is CN=C(NCc1ccc(C(=O)N2CC(C)OC(C)C2)cc1)NCC(C)(C)N1CCOCC1. The Morgan fingerprint density at radius 2 is 1.72 bits per heavy atom. The highest BCUT2D eigenvalue weighted by atomic mass is 16.5. The Morgan fingerprint density at radius 3 is 2.31 bits per heavy atom. The molecule has 1 aromatic rings. The summed E-state index contributed by atoms with van der Waals surface area (Å²) in [6, 6.07) is 7.81. The molecule has 0 spiro atoms. The van der Waals surface area contributed by atoms with Crippen molar-refractivity contribution in [2.45, 2.75) is 52.0 Å². The highest BCUT2D eigenvalue weighted by Gasteiger charge is 2.28. The van der Waals surface area contributed by atoms with Gasteiger partial charge in [0.1, 0.15) is 0 Å². The van der Waals surface area contributed by atoms with Gasteiger partial charge in [0, 0.05) is 57.4 Å². The van der Waals surface area contributed by atoms with Gasteiger partial charge in [0.15, 0.2) is 5.96 Å². The summed E-state index contributed by atoms with van der Waals surface area (Å²) in [6.07, 6.45) is 0.136. The molecule has 8 nitrogen and oxygen atoms in total. The summed E-state index contributed by atoms with van der Waals surface area (Å²) in [4.78, 5) is 21.5. The van der Waals surface area contributed by atoms with E-state index >= 15 is 0 Å². The van der Waals surface area contributed by atoms with Gasteiger partial charge in [0.2, 0.25) is 0 Å². The smallest absolute Gasteiger partial charge is 0.254 e. The number of carbonyl (C=O) groups excluding carboxylic acids is 1. The number of morpholine rings is 2. The summed E-state index contributed by atoms with van der Waals surface area (Å²) in [5.41, 5.74) is 1.82. The number of carbonyl (C=O) groups is 1. The molecule has 0 aromatic heterocycles. The number of guanidine groups is 1. The van der Waals surface area contributed by atoms with Gasteiger partial charge in [-0.2, -0.15) is 0 Å². The molecular weight excluding hydrogens is 406 g/mol. The fraction of sp³-hybridized carbons (Fsp3) is 0.667. The minimum atomic E-state index is 0.0118. The van der Waals surface area contributed by atoms with E-state index in [4.69, 9.17) is 9.47 Å². The molecule has 0 bridgehead atoms. The van der Waals surface area contributed by atoms with Crippen molar-refractivity contribution in [2.24, 2.45) is 4.99 Å². The van der Waals surface area contributed by atoms with Crippen molar-refractivity contribution in [3.8, 4) is 0 Å². The third-order valence-corrected chi connectivity index (χ3v) is 6.15. The molecule has 2 unspecified atom stereocenters. The molecule has 2 N–H and O–H groups in total. The van der Waals surface area contributed by atoms with E-state index in [2.05, 4.69) is 34.4 Å². The van der Waals surface area contributed by atoms with Crippen LogP contribution in [0.1, 0.15) is 43.6 Å². The molecule has 0 aliphatic carbocycles. The first kappa shape index (κ1) is 24.5. The van der Waals surface area contributed by atoms with Gasteiger partial charge in [-0.3, -0.25) is 14.7 Å². The first-order chi connectivity index (χ1) is 15.3. The molecule has 0 saturated carbocycles. The molecule has 2 atom stereocenters. The molecule has 8 heteroatoms. The van der Waals surface area contributed by atoms with Gasteiger partial charge in [-0.05, 0) is 45.4 Å². The highest BCUT2D eigenvalue weighted by Crippen LogP contribution is 2.16. The van der Waals surface area contributed by atoms with Gasteiger partial charge < -0.3 is 25.0 Å². The van der Waals surface area contributed by atoms with Gasteiger partial charge >= 0.3 is 0 Å². The normalized spacial score (nSPS) is 23.2. The van der Waals surface area contributed by atoms with E-state index in [1.54, 1.807) is 7.05 Å². The van der Waals surface area contributed by atoms with E-state index in [9.17, 15) is 4.79 Å². The van der Waals surface area contributed by atoms with Crippen molar-refractivity contribution in [3.05, 3.63) is 35.4 Å². The standard InChI is InChI=1S/C24H39N5O3/c1-18-15-28(16-19(2)32-18)22(30)21-8-6-20(7-9-21)14-26-23(25-5)27-17-24(3,4)29-10-12-31-13-11-29/h6-9,18-19H,10-17H2,1-5H3,(H2,25,26,27). The zero-order valence-electron chi connectivity index (χ0n) is 20.2. The van der Waals surface area contributed by atoms with E-state index in [1.807, 2.05) is 43.0 Å². The Morgan fingerprint density at radius 1 is 1.09 bits per heavy atom. The van der Waals surface area contributed by atoms with E-state index in [-0.39, 0.29) is 23.7 Å². The van der Waals surface area contributed by atoms with Crippen LogP contribution in [0.15, 0.2) is 29.3 Å². The topological polar surface area (TPSA) is 78.4 Å². The largest absolute Gasteiger partial charge is 0.379 e. The summed E-state index contributed by atoms with van der Waals surface area (Å²) in [5, 5.41) is 6.81. The van der Waals surface area contributed by atoms with Crippen LogP contribution in [-0.2, 0) is 16.0 Å². The second-order valence-electron chi connectivity index (χ2n) is 9.36. The van der Waals surface area contributed by atoms with Crippen LogP contribution in [0.2, 0.25) is 0 Å². The zero-order chi connectivity index (χ0) is 23.1. The molecule has 2 fully saturated rings. The number of benzene rings is 1. The van der Waals surface area contributed by atoms with E-state index < -0.39 is 0 Å². The first-order valence-electron chi connectivity index (χ1n) is 11.6. The zero-order valence-corrected chi connectivity index (χ0v) is 20.2. The Kier molecular flexibility index (Phi) is 8.51. The lowest BCUT2D eigenvalue weighted by Gasteiger charge is -2.41. The predicted octanol–water partition coefficient (Wildman–Crippen LogP) is 1.71. The monoisotopic (exact) mass is 445 g/mol. The number of ether oxygens (including phenoxy) is 2. The molecular formula is C24H39N5O3. The molecule has 178 valence electrons. The van der Waals surface area contributed by atoms with Crippen molar-refractivity contribution in [2.75, 3.05) is 53.0 Å². The number of nitrogens with one attached hydrogen (secondary N) is 2. The van der Waals surface area contributed by atoms with Crippen LogP contribution < -0.4 is 10.6 Å². The fourth-order valence-corrected chi connectivity index (χ4v) is 4.28. The maximum atomic E-state index is 12.8. The Bertz CT molecular complexity index is 764. The van der Waals surface area contributed by atoms with Crippen molar-refractivity contribution < 1.29 is 14.3 Å². The molecule has 1 amide bonds. The van der Waals surface area contributed by atoms with Gasteiger partial charge in [-0.1, -0.05) is 12.1 Å². The maximum Gasteiger partial charge on any atom is 0.254 e. The quantitative estimate of drug-likeness (QED) is 0.513. The van der Waals surface area contributed by atoms with E-state index in [1.165, 1.54) is 0 Å². The molecule has 2 heterocycles. The van der Waals surface area contributed by atoms with E-state index in [0.29, 0.717) is 25.2 Å². The summed E-state index contributed by atoms with van der Waals surface area (Å²) < 4.78 is 11.2. The fourth-order valence-electron chi connectivity index (χ4n) is 4.28. The van der Waals surface area contributed by atoms with Crippen LogP contribution in [0.3, 0.4) is 0 Å². The second kappa shape index (κ2) is 11.1. The van der Waals surface area contributed by atoms with Crippen LogP contribution in [0.25, 0.3) is 0 Å². The third-order valence-electron chi connectivity index (χ3n) is 6.15. The average molecular weight is 446 g/mol. The number of hydrogen-bond donors (Lipinski definition) is 2. The molecule has 2 aliphatic rings. The number of rotatable bonds is 6. The highest BCUT2D eigenvalue weighted by molar-refractivity contribution is 5.94. The Balaban J connectivity index is 1.48. The lowest BCUT2D eigenvalue weighted by molar-refractivity contribution is -0.0586. The van der Waals surface area contributed by atoms with Crippen LogP contribution in [-0.4, -0.2) is 92.4 Å². The van der Waals surface area contributed by atoms with Crippen LogP contribution in [0.5, 0.6) is 0 Å². The van der Waals surface area contributed by atoms with Crippen LogP contribution in [0.4, 0.5) is 0 Å². The van der Waals surface area contributed by atoms with Crippen LogP contribution in [0, 0.1) is 0 Å². The number of hydrogen-bond acceptors (Lipinski definition) is 5. The third kappa shape index (κ3) is 6.67. The number of nitrogens with zero attached hydrogens (tertiary/aromatic N) is 3. The van der Waals surface area contributed by atoms with Gasteiger partial charge in [-0.25, -0.2) is 0 Å². The summed E-state index contributed by atoms with van der Waals surface area (Å²) in [5.74, 6) is 0.831. The lowest BCUT2D eigenvalue weighted by atomic mass is 10.0. The van der Waals surface area contributed by atoms with Crippen LogP contribution >= 0.6 is 0 Å². The molecule has 2 aliphatic heterocycles. The summed E-state index contributed by atoms with van der Waals surface area (Å²) >= 11 is 0. The van der Waals surface area contributed by atoms with Gasteiger partial charge in [-0.15, -0.1) is 0 Å². The maximum absolute atomic E-state index is 12.8. The van der Waals surface area contributed by atoms with Crippen molar-refractivity contribution in [1.29, 1.82) is 0 Å². The lowest BCUT2D eigenvalue weighted by Crippen LogP contribution is -2.56. The molecule has 2 saturated heterocycles. The number of aliphatic imine (C=N–C) groups is 1. The Hall–Kier alpha value is -2.16. The molecule has 1 aromatic carbocycles. The Labute approximate surface area is 192 Å². The van der Waals surface area contributed by atoms with Crippen molar-refractivity contribution in [3.63, 3.8) is 0 Å². The summed E-state index contributed by atoms with van der Waals surface area (Å²) in [7, 11) is 1.78.